The Morgan fingerprint density at radius 1 is 1.25 bits per heavy atom. The molecule has 1 amide bonds. The fourth-order valence-corrected chi connectivity index (χ4v) is 2.22. The molecule has 24 heavy (non-hydrogen) atoms. The summed E-state index contributed by atoms with van der Waals surface area (Å²) in [5, 5.41) is 3.20. The number of rotatable bonds is 6. The Bertz CT molecular complexity index is 765. The van der Waals surface area contributed by atoms with Crippen LogP contribution in [0.4, 0.5) is 0 Å². The van der Waals surface area contributed by atoms with E-state index in [0.29, 0.717) is 23.3 Å². The van der Waals surface area contributed by atoms with Gasteiger partial charge in [-0.25, -0.2) is 0 Å². The van der Waals surface area contributed by atoms with Crippen molar-refractivity contribution in [1.82, 2.24) is 5.32 Å². The zero-order valence-electron chi connectivity index (χ0n) is 14.4. The lowest BCUT2D eigenvalue weighted by Crippen LogP contribution is -3.00. The molecule has 2 rings (SSSR count). The minimum atomic E-state index is -0.381. The van der Waals surface area contributed by atoms with Gasteiger partial charge < -0.3 is 42.9 Å². The van der Waals surface area contributed by atoms with Crippen molar-refractivity contribution >= 4 is 16.9 Å². The van der Waals surface area contributed by atoms with E-state index in [9.17, 15) is 9.59 Å². The monoisotopic (exact) mass is 446 g/mol. The molecule has 0 aliphatic rings. The van der Waals surface area contributed by atoms with Crippen molar-refractivity contribution in [2.75, 3.05) is 41.3 Å². The maximum absolute atomic E-state index is 12.1. The number of carbonyl (C=O) groups is 1. The van der Waals surface area contributed by atoms with Gasteiger partial charge in [0.2, 0.25) is 0 Å². The molecular formula is C17H23IN2O4. The number of methoxy groups -OCH3 is 1. The highest BCUT2D eigenvalue weighted by Gasteiger charge is 2.13. The van der Waals surface area contributed by atoms with Crippen LogP contribution in [0.1, 0.15) is 17.0 Å². The zero-order chi connectivity index (χ0) is 17.0. The van der Waals surface area contributed by atoms with Crippen LogP contribution in [0.25, 0.3) is 11.0 Å². The van der Waals surface area contributed by atoms with Crippen molar-refractivity contribution in [1.29, 1.82) is 0 Å². The number of hydrogen-bond donors (Lipinski definition) is 1. The van der Waals surface area contributed by atoms with Crippen LogP contribution in [-0.4, -0.2) is 51.7 Å². The second-order valence-corrected chi connectivity index (χ2v) is 6.46. The number of nitrogens with one attached hydrogen (secondary N) is 1. The Kier molecular flexibility index (Phi) is 7.22. The van der Waals surface area contributed by atoms with Crippen LogP contribution >= 0.6 is 0 Å². The van der Waals surface area contributed by atoms with Crippen LogP contribution < -0.4 is 39.5 Å². The first-order valence-electron chi connectivity index (χ1n) is 7.51. The van der Waals surface area contributed by atoms with E-state index < -0.39 is 0 Å². The number of carbonyl (C=O) groups excluding carboxylic acids is 1. The molecule has 0 unspecified atom stereocenters. The third-order valence-electron chi connectivity index (χ3n) is 3.45. The molecule has 0 radical (unpaired) electrons. The Hall–Kier alpha value is -1.61. The molecule has 1 aromatic carbocycles. The van der Waals surface area contributed by atoms with Gasteiger partial charge in [-0.2, -0.15) is 0 Å². The molecule has 0 aliphatic heterocycles. The number of hydrogen-bond acceptors (Lipinski definition) is 4. The molecule has 1 heterocycles. The van der Waals surface area contributed by atoms with Crippen molar-refractivity contribution in [2.45, 2.75) is 6.42 Å². The number of halogens is 1. The van der Waals surface area contributed by atoms with Crippen molar-refractivity contribution in [3.05, 3.63) is 40.2 Å². The first-order chi connectivity index (χ1) is 10.8. The Morgan fingerprint density at radius 2 is 1.96 bits per heavy atom. The molecule has 0 atom stereocenters. The Balaban J connectivity index is 0.00000288. The van der Waals surface area contributed by atoms with E-state index in [2.05, 4.69) is 26.5 Å². The second-order valence-electron chi connectivity index (χ2n) is 6.46. The van der Waals surface area contributed by atoms with Crippen molar-refractivity contribution in [2.24, 2.45) is 0 Å². The molecule has 6 nitrogen and oxygen atoms in total. The number of benzene rings is 1. The number of quaternary nitrogens is 1. The van der Waals surface area contributed by atoms with E-state index >= 15 is 0 Å². The summed E-state index contributed by atoms with van der Waals surface area (Å²) in [5.41, 5.74) is 0.0961. The molecular weight excluding hydrogens is 423 g/mol. The van der Waals surface area contributed by atoms with E-state index in [1.807, 2.05) is 0 Å². The number of amides is 1. The summed E-state index contributed by atoms with van der Waals surface area (Å²) < 4.78 is 11.5. The number of ether oxygens (including phenoxy) is 1. The smallest absolute Gasteiger partial charge is 0.287 e. The molecule has 0 spiro atoms. The number of fused-ring (bicyclic) bond motifs is 1. The van der Waals surface area contributed by atoms with Gasteiger partial charge in [0, 0.05) is 25.1 Å². The largest absolute Gasteiger partial charge is 1.00 e. The van der Waals surface area contributed by atoms with Gasteiger partial charge in [-0.1, -0.05) is 0 Å². The van der Waals surface area contributed by atoms with Crippen LogP contribution in [0, 0.1) is 0 Å². The fraction of sp³-hybridized carbons (Fsp3) is 0.412. The van der Waals surface area contributed by atoms with Crippen LogP contribution in [0.15, 0.2) is 33.5 Å². The summed E-state index contributed by atoms with van der Waals surface area (Å²) in [6.45, 7) is 1.48. The molecule has 0 fully saturated rings. The highest BCUT2D eigenvalue weighted by molar-refractivity contribution is 5.93. The predicted octanol–water partition coefficient (Wildman–Crippen LogP) is -1.37. The molecule has 0 saturated carbocycles. The van der Waals surface area contributed by atoms with Crippen LogP contribution in [-0.2, 0) is 0 Å². The predicted molar refractivity (Wildman–Crippen MR) is 88.9 cm³/mol. The summed E-state index contributed by atoms with van der Waals surface area (Å²) in [7, 11) is 7.82. The molecule has 0 bridgehead atoms. The highest BCUT2D eigenvalue weighted by Crippen LogP contribution is 2.19. The summed E-state index contributed by atoms with van der Waals surface area (Å²) in [4.78, 5) is 24.2. The maximum atomic E-state index is 12.1. The lowest BCUT2D eigenvalue weighted by Gasteiger charge is -2.23. The second kappa shape index (κ2) is 8.48. The minimum absolute atomic E-state index is 0. The summed E-state index contributed by atoms with van der Waals surface area (Å²) in [6, 6.07) is 6.14. The van der Waals surface area contributed by atoms with Gasteiger partial charge in [0.05, 0.1) is 40.2 Å². The summed E-state index contributed by atoms with van der Waals surface area (Å²) in [6.07, 6.45) is 0.848. The first kappa shape index (κ1) is 20.4. The van der Waals surface area contributed by atoms with Gasteiger partial charge >= 0.3 is 0 Å². The summed E-state index contributed by atoms with van der Waals surface area (Å²) in [5.74, 6) is 0.204. The van der Waals surface area contributed by atoms with Gasteiger partial charge in [-0.3, -0.25) is 9.59 Å². The molecule has 0 aliphatic carbocycles. The molecule has 1 aromatic heterocycles. The average Bonchev–Trinajstić information content (AvgIpc) is 2.49. The van der Waals surface area contributed by atoms with Gasteiger partial charge in [0.1, 0.15) is 11.3 Å². The van der Waals surface area contributed by atoms with Gasteiger partial charge in [0.15, 0.2) is 11.2 Å². The highest BCUT2D eigenvalue weighted by atomic mass is 127. The van der Waals surface area contributed by atoms with E-state index in [0.717, 1.165) is 17.4 Å². The normalized spacial score (nSPS) is 11.0. The van der Waals surface area contributed by atoms with E-state index in [-0.39, 0.29) is 41.1 Å². The maximum Gasteiger partial charge on any atom is 0.287 e. The van der Waals surface area contributed by atoms with Crippen LogP contribution in [0.3, 0.4) is 0 Å². The third kappa shape index (κ3) is 5.48. The van der Waals surface area contributed by atoms with Gasteiger partial charge in [-0.05, 0) is 12.1 Å². The standard InChI is InChI=1S/C17H22N2O4.HI/c1-19(2,3)9-5-8-18-17(21)16-11-14(20)13-7-6-12(22-4)10-15(13)23-16;/h6-7,10-11H,5,8-9H2,1-4H3;1H. The third-order valence-corrected chi connectivity index (χ3v) is 3.45. The van der Waals surface area contributed by atoms with Crippen molar-refractivity contribution < 1.29 is 42.4 Å². The molecule has 7 heteroatoms. The quantitative estimate of drug-likeness (QED) is 0.338. The Labute approximate surface area is 158 Å². The molecule has 0 saturated heterocycles. The van der Waals surface area contributed by atoms with E-state index in [4.69, 9.17) is 9.15 Å². The average molecular weight is 446 g/mol. The zero-order valence-corrected chi connectivity index (χ0v) is 16.5. The Morgan fingerprint density at radius 3 is 2.58 bits per heavy atom. The topological polar surface area (TPSA) is 68.5 Å². The molecule has 132 valence electrons. The lowest BCUT2D eigenvalue weighted by molar-refractivity contribution is -0.870. The molecule has 2 aromatic rings. The first-order valence-corrected chi connectivity index (χ1v) is 7.51. The van der Waals surface area contributed by atoms with Crippen molar-refractivity contribution in [3.63, 3.8) is 0 Å². The molecule has 1 N–H and O–H groups in total. The minimum Gasteiger partial charge on any atom is -1.00 e. The van der Waals surface area contributed by atoms with Crippen molar-refractivity contribution in [3.8, 4) is 5.75 Å². The van der Waals surface area contributed by atoms with Gasteiger partial charge in [-0.15, -0.1) is 0 Å². The fourth-order valence-electron chi connectivity index (χ4n) is 2.22. The lowest BCUT2D eigenvalue weighted by atomic mass is 10.2. The van der Waals surface area contributed by atoms with Crippen LogP contribution in [0.2, 0.25) is 0 Å². The number of nitrogens with zero attached hydrogens (tertiary/aromatic N) is 1. The SMILES string of the molecule is COc1ccc2c(=O)cc(C(=O)NCCC[N+](C)(C)C)oc2c1.[I-]. The summed E-state index contributed by atoms with van der Waals surface area (Å²) >= 11 is 0. The van der Waals surface area contributed by atoms with E-state index in [1.165, 1.54) is 13.2 Å². The van der Waals surface area contributed by atoms with E-state index in [1.54, 1.807) is 18.2 Å². The van der Waals surface area contributed by atoms with Gasteiger partial charge in [0.25, 0.3) is 5.91 Å². The van der Waals surface area contributed by atoms with Crippen LogP contribution in [0.5, 0.6) is 5.75 Å².